The predicted molar refractivity (Wildman–Crippen MR) is 89.7 cm³/mol. The van der Waals surface area contributed by atoms with Gasteiger partial charge in [-0.1, -0.05) is 35.0 Å². The molecule has 2 heterocycles. The van der Waals surface area contributed by atoms with Gasteiger partial charge in [0.15, 0.2) is 11.5 Å². The normalized spacial score (nSPS) is 10.8. The van der Waals surface area contributed by atoms with Crippen LogP contribution in [-0.4, -0.2) is 26.1 Å². The van der Waals surface area contributed by atoms with Gasteiger partial charge in [0.05, 0.1) is 11.4 Å². The lowest BCUT2D eigenvalue weighted by Crippen LogP contribution is -2.16. The number of nitrogens with zero attached hydrogens (tertiary/aromatic N) is 4. The van der Waals surface area contributed by atoms with Crippen molar-refractivity contribution in [1.29, 1.82) is 0 Å². The number of benzene rings is 1. The van der Waals surface area contributed by atoms with Crippen molar-refractivity contribution in [2.45, 2.75) is 27.2 Å². The third-order valence-electron chi connectivity index (χ3n) is 3.64. The summed E-state index contributed by atoms with van der Waals surface area (Å²) in [5.74, 6) is 0.190. The van der Waals surface area contributed by atoms with Crippen LogP contribution in [0.3, 0.4) is 0 Å². The molecule has 8 heteroatoms. The number of hydrogen-bond donors (Lipinski definition) is 1. The number of carbonyl (C=O) groups is 1. The molecule has 124 valence electrons. The maximum absolute atomic E-state index is 12.6. The Morgan fingerprint density at radius 2 is 2.17 bits per heavy atom. The monoisotopic (exact) mass is 345 g/mol. The Bertz CT molecular complexity index is 880. The van der Waals surface area contributed by atoms with E-state index in [2.05, 4.69) is 20.8 Å². The zero-order chi connectivity index (χ0) is 17.3. The molecule has 1 N–H and O–H groups in total. The molecular weight excluding hydrogens is 330 g/mol. The highest BCUT2D eigenvalue weighted by molar-refractivity contribution is 6.30. The van der Waals surface area contributed by atoms with Gasteiger partial charge in [-0.2, -0.15) is 0 Å². The quantitative estimate of drug-likeness (QED) is 0.783. The van der Waals surface area contributed by atoms with E-state index >= 15 is 0 Å². The van der Waals surface area contributed by atoms with Crippen LogP contribution in [0.2, 0.25) is 5.02 Å². The van der Waals surface area contributed by atoms with Crippen molar-refractivity contribution in [3.05, 3.63) is 52.1 Å². The Labute approximate surface area is 143 Å². The third-order valence-corrected chi connectivity index (χ3v) is 3.87. The first-order valence-electron chi connectivity index (χ1n) is 7.46. The maximum atomic E-state index is 12.6. The van der Waals surface area contributed by atoms with Gasteiger partial charge < -0.3 is 9.84 Å². The van der Waals surface area contributed by atoms with Crippen molar-refractivity contribution >= 4 is 23.2 Å². The highest BCUT2D eigenvalue weighted by Crippen LogP contribution is 2.21. The standard InChI is InChI=1S/C16H16ClN5O2/c1-4-13-15(16(23)18-14-9(2)20-24-10(14)3)19-21-22(13)12-7-5-6-11(17)8-12/h5-8H,4H2,1-3H3,(H,18,23). The van der Waals surface area contributed by atoms with Crippen molar-refractivity contribution in [3.8, 4) is 5.69 Å². The van der Waals surface area contributed by atoms with Crippen LogP contribution in [0.25, 0.3) is 5.69 Å². The molecule has 0 atom stereocenters. The van der Waals surface area contributed by atoms with E-state index in [1.165, 1.54) is 0 Å². The fourth-order valence-electron chi connectivity index (χ4n) is 2.44. The molecule has 1 amide bonds. The number of amides is 1. The third kappa shape index (κ3) is 2.90. The van der Waals surface area contributed by atoms with Crippen LogP contribution in [0.5, 0.6) is 0 Å². The summed E-state index contributed by atoms with van der Waals surface area (Å²) in [7, 11) is 0. The van der Waals surface area contributed by atoms with Crippen molar-refractivity contribution in [1.82, 2.24) is 20.2 Å². The lowest BCUT2D eigenvalue weighted by atomic mass is 10.2. The van der Waals surface area contributed by atoms with Gasteiger partial charge in [-0.25, -0.2) is 4.68 Å². The van der Waals surface area contributed by atoms with Gasteiger partial charge in [-0.15, -0.1) is 5.10 Å². The smallest absolute Gasteiger partial charge is 0.278 e. The molecular formula is C16H16ClN5O2. The lowest BCUT2D eigenvalue weighted by Gasteiger charge is -2.07. The van der Waals surface area contributed by atoms with Crippen molar-refractivity contribution in [2.75, 3.05) is 5.32 Å². The molecule has 3 rings (SSSR count). The molecule has 0 radical (unpaired) electrons. The number of nitrogens with one attached hydrogen (secondary N) is 1. The summed E-state index contributed by atoms with van der Waals surface area (Å²) in [6.07, 6.45) is 0.587. The minimum atomic E-state index is -0.352. The second-order valence-electron chi connectivity index (χ2n) is 5.28. The van der Waals surface area contributed by atoms with Gasteiger partial charge in [0.25, 0.3) is 5.91 Å². The molecule has 0 aliphatic carbocycles. The summed E-state index contributed by atoms with van der Waals surface area (Å²) in [5, 5.41) is 15.3. The average molecular weight is 346 g/mol. The highest BCUT2D eigenvalue weighted by Gasteiger charge is 2.21. The van der Waals surface area contributed by atoms with Crippen LogP contribution in [0.15, 0.2) is 28.8 Å². The Morgan fingerprint density at radius 1 is 1.38 bits per heavy atom. The van der Waals surface area contributed by atoms with Crippen LogP contribution >= 0.6 is 11.6 Å². The first-order chi connectivity index (χ1) is 11.5. The Balaban J connectivity index is 1.96. The molecule has 0 saturated heterocycles. The van der Waals surface area contributed by atoms with Crippen LogP contribution in [-0.2, 0) is 6.42 Å². The molecule has 7 nitrogen and oxygen atoms in total. The van der Waals surface area contributed by atoms with Gasteiger partial charge in [-0.3, -0.25) is 4.79 Å². The Morgan fingerprint density at radius 3 is 2.79 bits per heavy atom. The molecule has 2 aromatic heterocycles. The molecule has 0 fully saturated rings. The SMILES string of the molecule is CCc1c(C(=O)Nc2c(C)noc2C)nnn1-c1cccc(Cl)c1. The zero-order valence-electron chi connectivity index (χ0n) is 13.5. The molecule has 24 heavy (non-hydrogen) atoms. The van der Waals surface area contributed by atoms with Crippen LogP contribution in [0, 0.1) is 13.8 Å². The van der Waals surface area contributed by atoms with E-state index in [1.807, 2.05) is 19.1 Å². The minimum absolute atomic E-state index is 0.262. The second-order valence-corrected chi connectivity index (χ2v) is 5.72. The Hall–Kier alpha value is -2.67. The maximum Gasteiger partial charge on any atom is 0.278 e. The number of halogens is 1. The van der Waals surface area contributed by atoms with Gasteiger partial charge in [0.1, 0.15) is 11.4 Å². The fraction of sp³-hybridized carbons (Fsp3) is 0.250. The number of anilines is 1. The van der Waals surface area contributed by atoms with Crippen LogP contribution in [0.1, 0.15) is 34.6 Å². The average Bonchev–Trinajstić information content (AvgIpc) is 3.13. The molecule has 0 aliphatic heterocycles. The first kappa shape index (κ1) is 16.2. The van der Waals surface area contributed by atoms with E-state index in [0.29, 0.717) is 34.3 Å². The summed E-state index contributed by atoms with van der Waals surface area (Å²) in [6.45, 7) is 5.43. The van der Waals surface area contributed by atoms with E-state index in [4.69, 9.17) is 16.1 Å². The topological polar surface area (TPSA) is 85.8 Å². The molecule has 0 spiro atoms. The summed E-state index contributed by atoms with van der Waals surface area (Å²) < 4.78 is 6.67. The van der Waals surface area contributed by atoms with Gasteiger partial charge in [0, 0.05) is 5.02 Å². The lowest BCUT2D eigenvalue weighted by molar-refractivity contribution is 0.102. The first-order valence-corrected chi connectivity index (χ1v) is 7.83. The summed E-state index contributed by atoms with van der Waals surface area (Å²) in [5.41, 5.74) is 2.88. The second kappa shape index (κ2) is 6.45. The van der Waals surface area contributed by atoms with Crippen LogP contribution in [0.4, 0.5) is 5.69 Å². The van der Waals surface area contributed by atoms with Gasteiger partial charge in [-0.05, 0) is 38.5 Å². The van der Waals surface area contributed by atoms with Crippen LogP contribution < -0.4 is 5.32 Å². The van der Waals surface area contributed by atoms with E-state index in [0.717, 1.165) is 5.69 Å². The van der Waals surface area contributed by atoms with E-state index in [1.54, 1.807) is 30.7 Å². The van der Waals surface area contributed by atoms with Gasteiger partial charge >= 0.3 is 0 Å². The van der Waals surface area contributed by atoms with E-state index < -0.39 is 0 Å². The molecule has 0 saturated carbocycles. The van der Waals surface area contributed by atoms with E-state index in [-0.39, 0.29) is 11.6 Å². The zero-order valence-corrected chi connectivity index (χ0v) is 14.3. The number of rotatable bonds is 4. The van der Waals surface area contributed by atoms with Crippen molar-refractivity contribution < 1.29 is 9.32 Å². The molecule has 1 aromatic carbocycles. The molecule has 0 bridgehead atoms. The molecule has 0 aliphatic rings. The molecule has 0 unspecified atom stereocenters. The Kier molecular flexibility index (Phi) is 4.35. The largest absolute Gasteiger partial charge is 0.359 e. The van der Waals surface area contributed by atoms with Crippen molar-refractivity contribution in [2.24, 2.45) is 0 Å². The van der Waals surface area contributed by atoms with E-state index in [9.17, 15) is 4.79 Å². The summed E-state index contributed by atoms with van der Waals surface area (Å²) in [4.78, 5) is 12.6. The number of carbonyl (C=O) groups excluding carboxylic acids is 1. The van der Waals surface area contributed by atoms with Crippen molar-refractivity contribution in [3.63, 3.8) is 0 Å². The number of aryl methyl sites for hydroxylation is 2. The summed E-state index contributed by atoms with van der Waals surface area (Å²) in [6, 6.07) is 7.22. The summed E-state index contributed by atoms with van der Waals surface area (Å²) >= 11 is 6.03. The van der Waals surface area contributed by atoms with Gasteiger partial charge in [0.2, 0.25) is 0 Å². The minimum Gasteiger partial charge on any atom is -0.359 e. The fourth-order valence-corrected chi connectivity index (χ4v) is 2.63. The predicted octanol–water partition coefficient (Wildman–Crippen LogP) is 3.34. The molecule has 3 aromatic rings. The number of aromatic nitrogens is 4. The highest BCUT2D eigenvalue weighted by atomic mass is 35.5. The number of hydrogen-bond acceptors (Lipinski definition) is 5.